The minimum absolute atomic E-state index is 0.0164. The molecule has 25 heavy (non-hydrogen) atoms. The van der Waals surface area contributed by atoms with Gasteiger partial charge in [0.15, 0.2) is 5.78 Å². The van der Waals surface area contributed by atoms with Crippen molar-refractivity contribution in [3.8, 4) is 5.75 Å². The van der Waals surface area contributed by atoms with E-state index < -0.39 is 0 Å². The van der Waals surface area contributed by atoms with Gasteiger partial charge in [-0.3, -0.25) is 9.59 Å². The van der Waals surface area contributed by atoms with Gasteiger partial charge in [-0.1, -0.05) is 18.2 Å². The zero-order chi connectivity index (χ0) is 17.8. The number of amides is 1. The van der Waals surface area contributed by atoms with Gasteiger partial charge in [0.05, 0.1) is 7.11 Å². The molecule has 1 atom stereocenters. The van der Waals surface area contributed by atoms with Crippen molar-refractivity contribution < 1.29 is 14.3 Å². The summed E-state index contributed by atoms with van der Waals surface area (Å²) in [5, 5.41) is 2.09. The number of carbonyl (C=O) groups excluding carboxylic acids is 2. The molecule has 1 aliphatic heterocycles. The second-order valence-electron chi connectivity index (χ2n) is 6.65. The van der Waals surface area contributed by atoms with Gasteiger partial charge in [0.25, 0.3) is 0 Å². The Hall–Kier alpha value is -2.40. The molecule has 5 nitrogen and oxygen atoms in total. The quantitative estimate of drug-likeness (QED) is 0.821. The van der Waals surface area contributed by atoms with Crippen LogP contribution in [0.5, 0.6) is 5.75 Å². The number of rotatable bonds is 6. The summed E-state index contributed by atoms with van der Waals surface area (Å²) in [5.41, 5.74) is 5.98. The van der Waals surface area contributed by atoms with E-state index in [9.17, 15) is 9.59 Å². The molecule has 0 bridgehead atoms. The van der Waals surface area contributed by atoms with Crippen LogP contribution < -0.4 is 10.5 Å². The molecular formula is C20H24N2O3. The minimum atomic E-state index is -0.293. The van der Waals surface area contributed by atoms with Crippen LogP contribution in [0.3, 0.4) is 0 Å². The van der Waals surface area contributed by atoms with E-state index in [0.717, 1.165) is 41.5 Å². The Labute approximate surface area is 147 Å². The third-order valence-corrected chi connectivity index (χ3v) is 4.88. The molecule has 1 aliphatic rings. The van der Waals surface area contributed by atoms with Crippen molar-refractivity contribution in [2.24, 2.45) is 11.7 Å². The Morgan fingerprint density at radius 1 is 1.20 bits per heavy atom. The SMILES string of the molecule is COc1ccc2cc(C(=O)[C@@H]3CCCN(CCC(N)=O)C3)ccc2c1. The molecular weight excluding hydrogens is 316 g/mol. The second kappa shape index (κ2) is 7.66. The fourth-order valence-corrected chi connectivity index (χ4v) is 3.48. The second-order valence-corrected chi connectivity index (χ2v) is 6.65. The fraction of sp³-hybridized carbons (Fsp3) is 0.400. The predicted molar refractivity (Wildman–Crippen MR) is 97.8 cm³/mol. The summed E-state index contributed by atoms with van der Waals surface area (Å²) in [6.45, 7) is 2.26. The van der Waals surface area contributed by atoms with Gasteiger partial charge in [0, 0.05) is 31.0 Å². The molecule has 132 valence electrons. The highest BCUT2D eigenvalue weighted by Crippen LogP contribution is 2.25. The number of likely N-dealkylation sites (tertiary alicyclic amines) is 1. The van der Waals surface area contributed by atoms with Gasteiger partial charge < -0.3 is 15.4 Å². The standard InChI is InChI=1S/C20H24N2O3/c1-25-18-7-6-14-11-16(5-4-15(14)12-18)20(24)17-3-2-9-22(13-17)10-8-19(21)23/h4-7,11-12,17H,2-3,8-10,13H2,1H3,(H2,21,23)/t17-/m1/s1. The lowest BCUT2D eigenvalue weighted by Gasteiger charge is -2.31. The van der Waals surface area contributed by atoms with E-state index in [1.807, 2.05) is 36.4 Å². The van der Waals surface area contributed by atoms with Gasteiger partial charge in [-0.15, -0.1) is 0 Å². The number of piperidine rings is 1. The normalized spacial score (nSPS) is 18.2. The van der Waals surface area contributed by atoms with E-state index in [-0.39, 0.29) is 17.6 Å². The van der Waals surface area contributed by atoms with Crippen LogP contribution >= 0.6 is 0 Å². The van der Waals surface area contributed by atoms with Crippen molar-refractivity contribution in [2.45, 2.75) is 19.3 Å². The Bertz CT molecular complexity index is 788. The van der Waals surface area contributed by atoms with Crippen LogP contribution in [0, 0.1) is 5.92 Å². The number of ketones is 1. The van der Waals surface area contributed by atoms with Crippen LogP contribution in [0.25, 0.3) is 10.8 Å². The predicted octanol–water partition coefficient (Wildman–Crippen LogP) is 2.62. The van der Waals surface area contributed by atoms with Gasteiger partial charge >= 0.3 is 0 Å². The van der Waals surface area contributed by atoms with Crippen LogP contribution in [0.4, 0.5) is 0 Å². The van der Waals surface area contributed by atoms with Crippen molar-refractivity contribution in [1.29, 1.82) is 0 Å². The van der Waals surface area contributed by atoms with E-state index in [4.69, 9.17) is 10.5 Å². The molecule has 1 fully saturated rings. The molecule has 2 aromatic rings. The summed E-state index contributed by atoms with van der Waals surface area (Å²) in [4.78, 5) is 26.0. The number of carbonyl (C=O) groups is 2. The zero-order valence-corrected chi connectivity index (χ0v) is 14.5. The summed E-state index contributed by atoms with van der Waals surface area (Å²) in [6.07, 6.45) is 2.21. The first-order valence-electron chi connectivity index (χ1n) is 8.69. The van der Waals surface area contributed by atoms with Crippen molar-refractivity contribution in [3.05, 3.63) is 42.0 Å². The number of ether oxygens (including phenoxy) is 1. The number of primary amides is 1. The van der Waals surface area contributed by atoms with E-state index in [1.54, 1.807) is 7.11 Å². The third-order valence-electron chi connectivity index (χ3n) is 4.88. The van der Waals surface area contributed by atoms with Crippen LogP contribution in [0.15, 0.2) is 36.4 Å². The number of benzene rings is 2. The van der Waals surface area contributed by atoms with Crippen LogP contribution in [0.1, 0.15) is 29.6 Å². The van der Waals surface area contributed by atoms with Crippen molar-refractivity contribution >= 4 is 22.5 Å². The third kappa shape index (κ3) is 4.17. The van der Waals surface area contributed by atoms with Gasteiger partial charge in [0.2, 0.25) is 5.91 Å². The van der Waals surface area contributed by atoms with E-state index in [0.29, 0.717) is 19.5 Å². The zero-order valence-electron chi connectivity index (χ0n) is 14.5. The molecule has 5 heteroatoms. The summed E-state index contributed by atoms with van der Waals surface area (Å²) in [5.74, 6) is 0.682. The van der Waals surface area contributed by atoms with E-state index >= 15 is 0 Å². The van der Waals surface area contributed by atoms with Crippen molar-refractivity contribution in [3.63, 3.8) is 0 Å². The van der Waals surface area contributed by atoms with Crippen LogP contribution in [0.2, 0.25) is 0 Å². The molecule has 2 aromatic carbocycles. The lowest BCUT2D eigenvalue weighted by atomic mass is 9.89. The Kier molecular flexibility index (Phi) is 5.34. The molecule has 0 aliphatic carbocycles. The average molecular weight is 340 g/mol. The summed E-state index contributed by atoms with van der Waals surface area (Å²) >= 11 is 0. The minimum Gasteiger partial charge on any atom is -0.497 e. The number of methoxy groups -OCH3 is 1. The fourth-order valence-electron chi connectivity index (χ4n) is 3.48. The van der Waals surface area contributed by atoms with Crippen LogP contribution in [-0.2, 0) is 4.79 Å². The first-order valence-corrected chi connectivity index (χ1v) is 8.69. The highest BCUT2D eigenvalue weighted by molar-refractivity contribution is 6.01. The maximum absolute atomic E-state index is 12.9. The summed E-state index contributed by atoms with van der Waals surface area (Å²) in [7, 11) is 1.64. The molecule has 1 amide bonds. The van der Waals surface area contributed by atoms with Crippen molar-refractivity contribution in [2.75, 3.05) is 26.7 Å². The Morgan fingerprint density at radius 2 is 1.96 bits per heavy atom. The lowest BCUT2D eigenvalue weighted by Crippen LogP contribution is -2.40. The number of Topliss-reactive ketones (excluding diaryl/α,β-unsaturated/α-hetero) is 1. The Morgan fingerprint density at radius 3 is 2.72 bits per heavy atom. The molecule has 2 N–H and O–H groups in total. The van der Waals surface area contributed by atoms with E-state index in [1.165, 1.54) is 0 Å². The largest absolute Gasteiger partial charge is 0.497 e. The smallest absolute Gasteiger partial charge is 0.218 e. The summed E-state index contributed by atoms with van der Waals surface area (Å²) in [6, 6.07) is 11.7. The molecule has 1 heterocycles. The Balaban J connectivity index is 1.73. The molecule has 1 saturated heterocycles. The first kappa shape index (κ1) is 17.4. The maximum Gasteiger partial charge on any atom is 0.218 e. The number of nitrogens with zero attached hydrogens (tertiary/aromatic N) is 1. The molecule has 3 rings (SSSR count). The topological polar surface area (TPSA) is 72.6 Å². The molecule has 0 saturated carbocycles. The van der Waals surface area contributed by atoms with Gasteiger partial charge in [-0.2, -0.15) is 0 Å². The van der Waals surface area contributed by atoms with E-state index in [2.05, 4.69) is 4.90 Å². The van der Waals surface area contributed by atoms with Gasteiger partial charge in [-0.05, 0) is 48.4 Å². The maximum atomic E-state index is 12.9. The molecule has 0 radical (unpaired) electrons. The van der Waals surface area contributed by atoms with Crippen molar-refractivity contribution in [1.82, 2.24) is 4.90 Å². The molecule has 0 unspecified atom stereocenters. The molecule has 0 spiro atoms. The number of hydrogen-bond acceptors (Lipinski definition) is 4. The lowest BCUT2D eigenvalue weighted by molar-refractivity contribution is -0.118. The number of nitrogens with two attached hydrogens (primary N) is 1. The highest BCUT2D eigenvalue weighted by Gasteiger charge is 2.26. The van der Waals surface area contributed by atoms with Gasteiger partial charge in [-0.25, -0.2) is 0 Å². The number of hydrogen-bond donors (Lipinski definition) is 1. The average Bonchev–Trinajstić information content (AvgIpc) is 2.65. The monoisotopic (exact) mass is 340 g/mol. The summed E-state index contributed by atoms with van der Waals surface area (Å²) < 4.78 is 5.24. The van der Waals surface area contributed by atoms with Gasteiger partial charge in [0.1, 0.15) is 5.75 Å². The highest BCUT2D eigenvalue weighted by atomic mass is 16.5. The molecule has 0 aromatic heterocycles. The number of fused-ring (bicyclic) bond motifs is 1. The van der Waals surface area contributed by atoms with Crippen LogP contribution in [-0.4, -0.2) is 43.3 Å². The first-order chi connectivity index (χ1) is 12.1.